The molecule has 70 valence electrons. The van der Waals surface area contributed by atoms with E-state index in [2.05, 4.69) is 4.90 Å². The Morgan fingerprint density at radius 1 is 1.75 bits per heavy atom. The Bertz CT molecular complexity index is 170. The van der Waals surface area contributed by atoms with Crippen molar-refractivity contribution < 1.29 is 5.11 Å². The van der Waals surface area contributed by atoms with Gasteiger partial charge in [-0.2, -0.15) is 0 Å². The molecule has 0 aromatic carbocycles. The SMILES string of the molecule is CC(=CCl)CN1CCC(CO)C1. The minimum atomic E-state index is 0.320. The van der Waals surface area contributed by atoms with Gasteiger partial charge in [0.15, 0.2) is 0 Å². The summed E-state index contributed by atoms with van der Waals surface area (Å²) >= 11 is 5.56. The number of halogens is 1. The lowest BCUT2D eigenvalue weighted by molar-refractivity contribution is 0.224. The predicted octanol–water partition coefficient (Wildman–Crippen LogP) is 1.44. The third-order valence-electron chi connectivity index (χ3n) is 2.29. The van der Waals surface area contributed by atoms with Gasteiger partial charge in [-0.25, -0.2) is 0 Å². The normalized spacial score (nSPS) is 26.6. The standard InChI is InChI=1S/C9H16ClNO/c1-8(4-10)5-11-3-2-9(6-11)7-12/h4,9,12H,2-3,5-7H2,1H3. The molecule has 0 saturated carbocycles. The molecule has 1 N–H and O–H groups in total. The van der Waals surface area contributed by atoms with E-state index in [0.29, 0.717) is 12.5 Å². The number of aliphatic hydroxyl groups is 1. The van der Waals surface area contributed by atoms with E-state index in [0.717, 1.165) is 26.1 Å². The highest BCUT2D eigenvalue weighted by atomic mass is 35.5. The van der Waals surface area contributed by atoms with Crippen LogP contribution in [0.25, 0.3) is 0 Å². The van der Waals surface area contributed by atoms with Crippen molar-refractivity contribution in [2.24, 2.45) is 5.92 Å². The van der Waals surface area contributed by atoms with Gasteiger partial charge in [0.25, 0.3) is 0 Å². The van der Waals surface area contributed by atoms with Gasteiger partial charge in [0, 0.05) is 25.2 Å². The molecular formula is C9H16ClNO. The maximum atomic E-state index is 8.91. The van der Waals surface area contributed by atoms with Gasteiger partial charge in [-0.1, -0.05) is 11.6 Å². The Kier molecular flexibility index (Phi) is 4.06. The van der Waals surface area contributed by atoms with Crippen molar-refractivity contribution in [2.45, 2.75) is 13.3 Å². The zero-order chi connectivity index (χ0) is 8.97. The van der Waals surface area contributed by atoms with Gasteiger partial charge in [-0.05, 0) is 31.4 Å². The Morgan fingerprint density at radius 3 is 3.00 bits per heavy atom. The molecule has 1 aliphatic rings. The molecule has 0 spiro atoms. The fraction of sp³-hybridized carbons (Fsp3) is 0.778. The molecule has 1 rings (SSSR count). The Morgan fingerprint density at radius 2 is 2.50 bits per heavy atom. The van der Waals surface area contributed by atoms with E-state index >= 15 is 0 Å². The Labute approximate surface area is 78.8 Å². The topological polar surface area (TPSA) is 23.5 Å². The van der Waals surface area contributed by atoms with Crippen LogP contribution in [-0.2, 0) is 0 Å². The minimum Gasteiger partial charge on any atom is -0.396 e. The highest BCUT2D eigenvalue weighted by Gasteiger charge is 2.21. The van der Waals surface area contributed by atoms with Crippen LogP contribution in [0.3, 0.4) is 0 Å². The number of nitrogens with zero attached hydrogens (tertiary/aromatic N) is 1. The lowest BCUT2D eigenvalue weighted by Crippen LogP contribution is -2.23. The van der Waals surface area contributed by atoms with Gasteiger partial charge in [0.1, 0.15) is 0 Å². The maximum Gasteiger partial charge on any atom is 0.0471 e. The molecule has 0 aromatic heterocycles. The van der Waals surface area contributed by atoms with Crippen LogP contribution in [0.2, 0.25) is 0 Å². The number of likely N-dealkylation sites (tertiary alicyclic amines) is 1. The summed E-state index contributed by atoms with van der Waals surface area (Å²) in [4.78, 5) is 2.33. The van der Waals surface area contributed by atoms with Gasteiger partial charge in [0.2, 0.25) is 0 Å². The second kappa shape index (κ2) is 4.85. The molecule has 0 amide bonds. The fourth-order valence-corrected chi connectivity index (χ4v) is 1.66. The molecular weight excluding hydrogens is 174 g/mol. The summed E-state index contributed by atoms with van der Waals surface area (Å²) in [7, 11) is 0. The van der Waals surface area contributed by atoms with Gasteiger partial charge in [0.05, 0.1) is 0 Å². The molecule has 1 saturated heterocycles. The quantitative estimate of drug-likeness (QED) is 0.727. The van der Waals surface area contributed by atoms with E-state index < -0.39 is 0 Å². The van der Waals surface area contributed by atoms with Gasteiger partial charge in [-0.3, -0.25) is 4.90 Å². The molecule has 0 bridgehead atoms. The van der Waals surface area contributed by atoms with Gasteiger partial charge < -0.3 is 5.11 Å². The fourth-order valence-electron chi connectivity index (χ4n) is 1.59. The zero-order valence-corrected chi connectivity index (χ0v) is 8.22. The summed E-state index contributed by atoms with van der Waals surface area (Å²) in [5, 5.41) is 8.91. The third kappa shape index (κ3) is 2.77. The highest BCUT2D eigenvalue weighted by molar-refractivity contribution is 6.25. The highest BCUT2D eigenvalue weighted by Crippen LogP contribution is 2.16. The molecule has 3 heteroatoms. The third-order valence-corrected chi connectivity index (χ3v) is 2.66. The van der Waals surface area contributed by atoms with Gasteiger partial charge in [-0.15, -0.1) is 0 Å². The lowest BCUT2D eigenvalue weighted by Gasteiger charge is -2.14. The average Bonchev–Trinajstić information content (AvgIpc) is 2.52. The second-order valence-electron chi connectivity index (χ2n) is 3.53. The molecule has 1 aliphatic heterocycles. The molecule has 0 radical (unpaired) electrons. The molecule has 1 fully saturated rings. The van der Waals surface area contributed by atoms with Crippen LogP contribution in [0.5, 0.6) is 0 Å². The minimum absolute atomic E-state index is 0.320. The first-order valence-electron chi connectivity index (χ1n) is 4.35. The number of hydrogen-bond acceptors (Lipinski definition) is 2. The van der Waals surface area contributed by atoms with Crippen molar-refractivity contribution in [1.29, 1.82) is 0 Å². The predicted molar refractivity (Wildman–Crippen MR) is 51.2 cm³/mol. The largest absolute Gasteiger partial charge is 0.396 e. The van der Waals surface area contributed by atoms with E-state index in [1.54, 1.807) is 5.54 Å². The second-order valence-corrected chi connectivity index (χ2v) is 3.75. The first-order chi connectivity index (χ1) is 5.76. The van der Waals surface area contributed by atoms with Crippen LogP contribution in [0, 0.1) is 5.92 Å². The van der Waals surface area contributed by atoms with Gasteiger partial charge >= 0.3 is 0 Å². The maximum absolute atomic E-state index is 8.91. The van der Waals surface area contributed by atoms with Crippen LogP contribution in [0.4, 0.5) is 0 Å². The Balaban J connectivity index is 2.28. The number of rotatable bonds is 3. The van der Waals surface area contributed by atoms with Crippen molar-refractivity contribution in [3.8, 4) is 0 Å². The summed E-state index contributed by atoms with van der Waals surface area (Å²) < 4.78 is 0. The van der Waals surface area contributed by atoms with Crippen LogP contribution < -0.4 is 0 Å². The molecule has 0 aliphatic carbocycles. The summed E-state index contributed by atoms with van der Waals surface area (Å²) in [6, 6.07) is 0. The molecule has 1 unspecified atom stereocenters. The summed E-state index contributed by atoms with van der Waals surface area (Å²) in [5.74, 6) is 0.480. The van der Waals surface area contributed by atoms with Crippen molar-refractivity contribution in [1.82, 2.24) is 4.90 Å². The van der Waals surface area contributed by atoms with E-state index in [4.69, 9.17) is 16.7 Å². The Hall–Kier alpha value is -0.0500. The summed E-state index contributed by atoms with van der Waals surface area (Å²) in [5.41, 5.74) is 2.82. The first-order valence-corrected chi connectivity index (χ1v) is 4.79. The van der Waals surface area contributed by atoms with Crippen LogP contribution in [0.15, 0.2) is 11.1 Å². The van der Waals surface area contributed by atoms with Crippen molar-refractivity contribution in [2.75, 3.05) is 26.2 Å². The van der Waals surface area contributed by atoms with Crippen molar-refractivity contribution >= 4 is 11.6 Å². The van der Waals surface area contributed by atoms with E-state index in [9.17, 15) is 0 Å². The van der Waals surface area contributed by atoms with Crippen LogP contribution in [-0.4, -0.2) is 36.2 Å². The molecule has 1 heterocycles. The number of hydrogen-bond donors (Lipinski definition) is 1. The summed E-state index contributed by atoms with van der Waals surface area (Å²) in [6.45, 7) is 5.39. The monoisotopic (exact) mass is 189 g/mol. The zero-order valence-electron chi connectivity index (χ0n) is 7.46. The molecule has 2 nitrogen and oxygen atoms in total. The average molecular weight is 190 g/mol. The van der Waals surface area contributed by atoms with E-state index in [-0.39, 0.29) is 0 Å². The number of aliphatic hydroxyl groups excluding tert-OH is 1. The summed E-state index contributed by atoms with van der Waals surface area (Å²) in [6.07, 6.45) is 1.12. The lowest BCUT2D eigenvalue weighted by atomic mass is 10.1. The molecule has 1 atom stereocenters. The smallest absolute Gasteiger partial charge is 0.0471 e. The van der Waals surface area contributed by atoms with Crippen LogP contribution >= 0.6 is 11.6 Å². The van der Waals surface area contributed by atoms with Crippen LogP contribution in [0.1, 0.15) is 13.3 Å². The molecule has 12 heavy (non-hydrogen) atoms. The molecule has 0 aromatic rings. The van der Waals surface area contributed by atoms with E-state index in [1.807, 2.05) is 6.92 Å². The van der Waals surface area contributed by atoms with Crippen molar-refractivity contribution in [3.05, 3.63) is 11.1 Å². The first kappa shape index (κ1) is 10.0. The van der Waals surface area contributed by atoms with E-state index in [1.165, 1.54) is 5.57 Å². The van der Waals surface area contributed by atoms with Crippen molar-refractivity contribution in [3.63, 3.8) is 0 Å².